The molecule has 4 fully saturated rings. The predicted molar refractivity (Wildman–Crippen MR) is 265 cm³/mol. The lowest BCUT2D eigenvalue weighted by Gasteiger charge is -2.64. The number of carbonyl (C=O) groups excluding carboxylic acids is 5. The minimum atomic E-state index is -1.29. The maximum atomic E-state index is 14.6. The molecule has 3 aromatic carbocycles. The van der Waals surface area contributed by atoms with Gasteiger partial charge in [-0.15, -0.1) is 0 Å². The van der Waals surface area contributed by atoms with Gasteiger partial charge in [0.25, 0.3) is 5.91 Å². The molecule has 3 saturated carbocycles. The van der Waals surface area contributed by atoms with Gasteiger partial charge in [-0.25, -0.2) is 0 Å². The van der Waals surface area contributed by atoms with Gasteiger partial charge in [0.2, 0.25) is 23.6 Å². The zero-order chi connectivity index (χ0) is 49.6. The van der Waals surface area contributed by atoms with E-state index in [9.17, 15) is 29.1 Å². The summed E-state index contributed by atoms with van der Waals surface area (Å²) in [7, 11) is 0.800. The molecular weight excluding hydrogens is 875 g/mol. The number of benzene rings is 3. The summed E-state index contributed by atoms with van der Waals surface area (Å²) in [6, 6.07) is 15.7. The Bertz CT molecular complexity index is 2310. The first-order chi connectivity index (χ1) is 32.9. The standard InChI is InChI=1S/C53H73BN6O9/c1-8-9-13-34-16-18-35(19-17-34)36-20-22-37(23-21-36)48(63)58-41(15-10-11-26-55)51(66)60(7)46-39-24-25-43(61)38(28-39)14-12-27-67-31-42(59-47(62)32(2)56-50(46)65)49(64)57-33(3)54-68-45-30-40-29-44(52(40,4)5)53(45,6)69-54/h16-25,28,32-33,40-42,44-46,61H,8-15,26-27,29-31,55H2,1-7H3,(H,56,65)(H,57,64)(H,58,63)(H,59,62)/t32-,33-,40-,41-,42-,44-,45+,46-,53-/m0/s1. The highest BCUT2D eigenvalue weighted by atomic mass is 16.7. The van der Waals surface area contributed by atoms with Crippen LogP contribution in [0.5, 0.6) is 5.75 Å². The van der Waals surface area contributed by atoms with Gasteiger partial charge in [0.05, 0.1) is 24.3 Å². The van der Waals surface area contributed by atoms with Crippen molar-refractivity contribution in [2.75, 3.05) is 26.8 Å². The van der Waals surface area contributed by atoms with E-state index >= 15 is 0 Å². The number of fused-ring (bicyclic) bond motifs is 2. The number of phenols is 1. The molecule has 3 aliphatic carbocycles. The fourth-order valence-corrected chi connectivity index (χ4v) is 10.9. The molecule has 15 nitrogen and oxygen atoms in total. The summed E-state index contributed by atoms with van der Waals surface area (Å²) in [4.78, 5) is 72.1. The summed E-state index contributed by atoms with van der Waals surface area (Å²) in [6.45, 7) is 12.6. The van der Waals surface area contributed by atoms with E-state index in [0.717, 1.165) is 43.2 Å². The highest BCUT2D eigenvalue weighted by Crippen LogP contribution is 2.65. The van der Waals surface area contributed by atoms with Crippen LogP contribution in [0.1, 0.15) is 126 Å². The highest BCUT2D eigenvalue weighted by molar-refractivity contribution is 6.47. The van der Waals surface area contributed by atoms with Crippen LogP contribution in [0.25, 0.3) is 11.1 Å². The van der Waals surface area contributed by atoms with Crippen molar-refractivity contribution in [2.24, 2.45) is 23.0 Å². The molecule has 3 aromatic rings. The molecule has 69 heavy (non-hydrogen) atoms. The van der Waals surface area contributed by atoms with Gasteiger partial charge in [-0.2, -0.15) is 0 Å². The van der Waals surface area contributed by atoms with Crippen molar-refractivity contribution >= 4 is 36.7 Å². The molecule has 5 aliphatic rings. The van der Waals surface area contributed by atoms with Gasteiger partial charge in [0, 0.05) is 19.2 Å². The number of hydrogen-bond donors (Lipinski definition) is 6. The first-order valence-electron chi connectivity index (χ1n) is 25.1. The second-order valence-electron chi connectivity index (χ2n) is 20.5. The van der Waals surface area contributed by atoms with E-state index in [0.29, 0.717) is 60.8 Å². The zero-order valence-electron chi connectivity index (χ0n) is 41.5. The van der Waals surface area contributed by atoms with Crippen molar-refractivity contribution in [3.63, 3.8) is 0 Å². The lowest BCUT2D eigenvalue weighted by molar-refractivity contribution is -0.199. The maximum absolute atomic E-state index is 14.6. The smallest absolute Gasteiger partial charge is 0.481 e. The van der Waals surface area contributed by atoms with Gasteiger partial charge in [-0.05, 0) is 154 Å². The maximum Gasteiger partial charge on any atom is 0.481 e. The molecule has 1 saturated heterocycles. The lowest BCUT2D eigenvalue weighted by atomic mass is 9.43. The monoisotopic (exact) mass is 949 g/mol. The second-order valence-corrected chi connectivity index (χ2v) is 20.5. The topological polar surface area (TPSA) is 211 Å². The van der Waals surface area contributed by atoms with E-state index in [2.05, 4.69) is 73.2 Å². The third-order valence-corrected chi connectivity index (χ3v) is 15.4. The number of hydrogen-bond acceptors (Lipinski definition) is 10. The number of aromatic hydroxyl groups is 1. The average Bonchev–Trinajstić information content (AvgIpc) is 3.70. The van der Waals surface area contributed by atoms with E-state index in [4.69, 9.17) is 19.8 Å². The molecule has 2 aliphatic heterocycles. The number of nitrogens with zero attached hydrogens (tertiary/aromatic N) is 1. The fourth-order valence-electron chi connectivity index (χ4n) is 10.9. The molecule has 5 amide bonds. The van der Waals surface area contributed by atoms with Gasteiger partial charge >= 0.3 is 7.12 Å². The Hall–Kier alpha value is -5.29. The van der Waals surface area contributed by atoms with Crippen LogP contribution in [0.4, 0.5) is 0 Å². The van der Waals surface area contributed by atoms with Crippen LogP contribution in [0.15, 0.2) is 66.7 Å². The first-order valence-corrected chi connectivity index (χ1v) is 25.1. The van der Waals surface area contributed by atoms with Gasteiger partial charge in [-0.1, -0.05) is 69.7 Å². The number of nitrogens with two attached hydrogens (primary N) is 1. The summed E-state index contributed by atoms with van der Waals surface area (Å²) >= 11 is 0. The Morgan fingerprint density at radius 2 is 1.65 bits per heavy atom. The van der Waals surface area contributed by atoms with Crippen LogP contribution in [0.3, 0.4) is 0 Å². The number of carbonyl (C=O) groups is 5. The highest BCUT2D eigenvalue weighted by Gasteiger charge is 2.68. The number of amides is 5. The zero-order valence-corrected chi connectivity index (χ0v) is 41.5. The Balaban J connectivity index is 1.05. The summed E-state index contributed by atoms with van der Waals surface area (Å²) in [5.74, 6) is -2.47. The van der Waals surface area contributed by atoms with Crippen molar-refractivity contribution in [2.45, 2.75) is 148 Å². The molecule has 8 rings (SSSR count). The minimum Gasteiger partial charge on any atom is -0.508 e. The summed E-state index contributed by atoms with van der Waals surface area (Å²) < 4.78 is 19.0. The van der Waals surface area contributed by atoms with E-state index in [1.54, 1.807) is 24.3 Å². The van der Waals surface area contributed by atoms with Crippen LogP contribution in [0.2, 0.25) is 0 Å². The van der Waals surface area contributed by atoms with Crippen LogP contribution >= 0.6 is 0 Å². The van der Waals surface area contributed by atoms with Gasteiger partial charge < -0.3 is 51.1 Å². The molecule has 16 heteroatoms. The van der Waals surface area contributed by atoms with Crippen LogP contribution < -0.4 is 27.0 Å². The lowest BCUT2D eigenvalue weighted by Crippen LogP contribution is -2.65. The average molecular weight is 949 g/mol. The molecule has 9 atom stereocenters. The van der Waals surface area contributed by atoms with Crippen LogP contribution in [0, 0.1) is 17.3 Å². The molecule has 2 heterocycles. The van der Waals surface area contributed by atoms with Crippen LogP contribution in [-0.4, -0.2) is 109 Å². The predicted octanol–water partition coefficient (Wildman–Crippen LogP) is 5.55. The largest absolute Gasteiger partial charge is 0.508 e. The van der Waals surface area contributed by atoms with E-state index < -0.39 is 72.4 Å². The second kappa shape index (κ2) is 22.2. The molecule has 372 valence electrons. The third-order valence-electron chi connectivity index (χ3n) is 15.4. The number of phenolic OH excluding ortho intramolecular Hbond substituents is 1. The number of aryl methyl sites for hydroxylation is 2. The molecule has 0 radical (unpaired) electrons. The van der Waals surface area contributed by atoms with E-state index in [-0.39, 0.29) is 36.9 Å². The summed E-state index contributed by atoms with van der Waals surface area (Å²) in [5.41, 5.74) is 10.1. The number of ether oxygens (including phenoxy) is 1. The molecular formula is C53H73BN6O9. The summed E-state index contributed by atoms with van der Waals surface area (Å²) in [5, 5.41) is 22.4. The Morgan fingerprint density at radius 1 is 0.942 bits per heavy atom. The van der Waals surface area contributed by atoms with Crippen molar-refractivity contribution in [1.82, 2.24) is 26.2 Å². The normalized spacial score (nSPS) is 26.4. The van der Waals surface area contributed by atoms with Crippen molar-refractivity contribution in [1.29, 1.82) is 0 Å². The number of unbranched alkanes of at least 4 members (excludes halogenated alkanes) is 2. The number of nitrogens with one attached hydrogen (secondary N) is 4. The summed E-state index contributed by atoms with van der Waals surface area (Å²) in [6.07, 6.45) is 7.37. The Labute approximate surface area is 407 Å². The molecule has 0 spiro atoms. The SMILES string of the molecule is CCCCc1ccc(-c2ccc(C(=O)N[C@@H](CCCCN)C(=O)N(C)[C@@H]3C(=O)N[C@@H](C)C(=O)N[C@H](C(=O)N[C@@H](C)B4O[C@@H]5C[C@@H]6C[C@@H](C6(C)C)[C@]5(C)O4)COCCCc4cc3ccc4O)cc2)cc1. The van der Waals surface area contributed by atoms with Gasteiger partial charge in [0.1, 0.15) is 29.9 Å². The molecule has 0 unspecified atom stereocenters. The quantitative estimate of drug-likeness (QED) is 0.0826. The molecule has 7 N–H and O–H groups in total. The Morgan fingerprint density at radius 3 is 2.33 bits per heavy atom. The van der Waals surface area contributed by atoms with Gasteiger partial charge in [-0.3, -0.25) is 24.0 Å². The minimum absolute atomic E-state index is 0.000382. The van der Waals surface area contributed by atoms with E-state index in [1.807, 2.05) is 19.1 Å². The van der Waals surface area contributed by atoms with Crippen molar-refractivity contribution in [3.05, 3.63) is 89.0 Å². The fraction of sp³-hybridized carbons (Fsp3) is 0.566. The van der Waals surface area contributed by atoms with Crippen molar-refractivity contribution < 1.29 is 43.1 Å². The number of likely N-dealkylation sites (N-methyl/N-ethyl adjacent to an activating group) is 1. The van der Waals surface area contributed by atoms with Crippen molar-refractivity contribution in [3.8, 4) is 16.9 Å². The van der Waals surface area contributed by atoms with Crippen LogP contribution in [-0.2, 0) is 46.1 Å². The molecule has 0 aromatic heterocycles. The third kappa shape index (κ3) is 11.5. The first kappa shape index (κ1) is 51.6. The Kier molecular flexibility index (Phi) is 16.6. The van der Waals surface area contributed by atoms with Gasteiger partial charge in [0.15, 0.2) is 0 Å². The number of rotatable bonds is 15. The molecule has 4 bridgehead atoms. The van der Waals surface area contributed by atoms with E-state index in [1.165, 1.54) is 30.5 Å².